The Morgan fingerprint density at radius 2 is 1.93 bits per heavy atom. The molecule has 0 bridgehead atoms. The van der Waals surface area contributed by atoms with Crippen molar-refractivity contribution >= 4 is 16.0 Å². The first-order chi connectivity index (χ1) is 6.40. The van der Waals surface area contributed by atoms with Crippen LogP contribution in [0.15, 0.2) is 5.16 Å². The van der Waals surface area contributed by atoms with Crippen molar-refractivity contribution in [2.75, 3.05) is 0 Å². The molecular weight excluding hydrogens is 208 g/mol. The molecule has 1 fully saturated rings. The second-order valence-electron chi connectivity index (χ2n) is 3.42. The zero-order chi connectivity index (χ0) is 10.8. The van der Waals surface area contributed by atoms with Crippen molar-refractivity contribution in [2.45, 2.75) is 31.2 Å². The summed E-state index contributed by atoms with van der Waals surface area (Å²) in [5.74, 6) is -0.135. The normalized spacial score (nSPS) is 22.5. The average molecular weight is 222 g/mol. The van der Waals surface area contributed by atoms with E-state index in [-0.39, 0.29) is 5.84 Å². The molecule has 0 unspecified atom stereocenters. The molecule has 7 nitrogen and oxygen atoms in total. The molecular formula is C6H14N4O3S. The van der Waals surface area contributed by atoms with Gasteiger partial charge in [-0.3, -0.25) is 0 Å². The largest absolute Gasteiger partial charge is 0.409 e. The van der Waals surface area contributed by atoms with E-state index in [1.54, 1.807) is 0 Å². The number of oxime groups is 1. The maximum atomic E-state index is 10.9. The van der Waals surface area contributed by atoms with E-state index in [2.05, 4.69) is 9.88 Å². The smallest absolute Gasteiger partial charge is 0.275 e. The lowest BCUT2D eigenvalue weighted by Gasteiger charge is -2.26. The van der Waals surface area contributed by atoms with Crippen molar-refractivity contribution in [3.05, 3.63) is 0 Å². The molecule has 1 aliphatic carbocycles. The predicted molar refractivity (Wildman–Crippen MR) is 50.9 cm³/mol. The molecule has 0 aromatic heterocycles. The number of nitrogens with zero attached hydrogens (tertiary/aromatic N) is 1. The topological polar surface area (TPSA) is 131 Å². The monoisotopic (exact) mass is 222 g/mol. The van der Waals surface area contributed by atoms with Gasteiger partial charge in [-0.05, 0) is 12.8 Å². The van der Waals surface area contributed by atoms with Crippen LogP contribution in [0.1, 0.15) is 25.7 Å². The van der Waals surface area contributed by atoms with Gasteiger partial charge in [-0.25, -0.2) is 5.14 Å². The van der Waals surface area contributed by atoms with Gasteiger partial charge in [0.2, 0.25) is 0 Å². The van der Waals surface area contributed by atoms with Crippen molar-refractivity contribution < 1.29 is 13.6 Å². The number of amidine groups is 1. The van der Waals surface area contributed by atoms with Crippen LogP contribution in [0.3, 0.4) is 0 Å². The highest BCUT2D eigenvalue weighted by Gasteiger charge is 2.40. The lowest BCUT2D eigenvalue weighted by Crippen LogP contribution is -2.57. The summed E-state index contributed by atoms with van der Waals surface area (Å²) in [5, 5.41) is 16.2. The maximum absolute atomic E-state index is 10.9. The summed E-state index contributed by atoms with van der Waals surface area (Å²) in [4.78, 5) is 0. The Bertz CT molecular complexity index is 331. The summed E-state index contributed by atoms with van der Waals surface area (Å²) < 4.78 is 24.0. The van der Waals surface area contributed by atoms with Gasteiger partial charge in [-0.1, -0.05) is 18.0 Å². The third-order valence-electron chi connectivity index (χ3n) is 2.39. The Labute approximate surface area is 82.3 Å². The number of hydrogen-bond acceptors (Lipinski definition) is 4. The van der Waals surface area contributed by atoms with Crippen LogP contribution in [0.5, 0.6) is 0 Å². The molecule has 0 radical (unpaired) electrons. The number of rotatable bonds is 3. The van der Waals surface area contributed by atoms with Crippen molar-refractivity contribution in [3.8, 4) is 0 Å². The number of hydrogen-bond donors (Lipinski definition) is 4. The van der Waals surface area contributed by atoms with E-state index in [4.69, 9.17) is 16.1 Å². The molecule has 0 aromatic carbocycles. The molecule has 0 spiro atoms. The fourth-order valence-electron chi connectivity index (χ4n) is 1.76. The van der Waals surface area contributed by atoms with E-state index in [0.29, 0.717) is 12.8 Å². The zero-order valence-electron chi connectivity index (χ0n) is 7.60. The van der Waals surface area contributed by atoms with Gasteiger partial charge in [0.15, 0.2) is 5.84 Å². The molecule has 1 aliphatic rings. The van der Waals surface area contributed by atoms with Crippen molar-refractivity contribution in [2.24, 2.45) is 16.0 Å². The Kier molecular flexibility index (Phi) is 2.98. The first kappa shape index (κ1) is 11.2. The van der Waals surface area contributed by atoms with Crippen molar-refractivity contribution in [1.29, 1.82) is 0 Å². The fourth-order valence-corrected chi connectivity index (χ4v) is 2.61. The molecule has 0 atom stereocenters. The van der Waals surface area contributed by atoms with E-state index in [1.807, 2.05) is 0 Å². The molecule has 8 heteroatoms. The minimum absolute atomic E-state index is 0.135. The highest BCUT2D eigenvalue weighted by Crippen LogP contribution is 2.30. The average Bonchev–Trinajstić information content (AvgIpc) is 2.49. The van der Waals surface area contributed by atoms with E-state index < -0.39 is 15.7 Å². The molecule has 82 valence electrons. The Morgan fingerprint density at radius 1 is 1.43 bits per heavy atom. The summed E-state index contributed by atoms with van der Waals surface area (Å²) in [6.45, 7) is 0. The van der Waals surface area contributed by atoms with Crippen LogP contribution >= 0.6 is 0 Å². The van der Waals surface area contributed by atoms with Crippen LogP contribution in [0.2, 0.25) is 0 Å². The van der Waals surface area contributed by atoms with Gasteiger partial charge in [-0.2, -0.15) is 13.1 Å². The van der Waals surface area contributed by atoms with Gasteiger partial charge in [0, 0.05) is 0 Å². The molecule has 0 aliphatic heterocycles. The molecule has 0 amide bonds. The quantitative estimate of drug-likeness (QED) is 0.207. The summed E-state index contributed by atoms with van der Waals surface area (Å²) in [6, 6.07) is 0. The first-order valence-electron chi connectivity index (χ1n) is 4.19. The van der Waals surface area contributed by atoms with E-state index in [0.717, 1.165) is 12.8 Å². The third-order valence-corrected chi connectivity index (χ3v) is 3.07. The standard InChI is InChI=1S/C6H14N4O3S/c7-5(9-11)6(3-1-2-4-6)10-14(8,12)13/h10-11H,1-4H2,(H2,7,9)(H2,8,12,13). The van der Waals surface area contributed by atoms with Gasteiger partial charge in [0.05, 0.1) is 5.54 Å². The van der Waals surface area contributed by atoms with Crippen LogP contribution in [0, 0.1) is 0 Å². The van der Waals surface area contributed by atoms with E-state index in [1.165, 1.54) is 0 Å². The van der Waals surface area contributed by atoms with E-state index >= 15 is 0 Å². The second kappa shape index (κ2) is 3.71. The summed E-state index contributed by atoms with van der Waals surface area (Å²) in [7, 11) is -3.84. The molecule has 0 saturated heterocycles. The van der Waals surface area contributed by atoms with Crippen LogP contribution in [-0.4, -0.2) is 25.0 Å². The predicted octanol–water partition coefficient (Wildman–Crippen LogP) is -1.16. The van der Waals surface area contributed by atoms with Gasteiger partial charge in [0.1, 0.15) is 0 Å². The van der Waals surface area contributed by atoms with Gasteiger partial charge < -0.3 is 10.9 Å². The molecule has 6 N–H and O–H groups in total. The van der Waals surface area contributed by atoms with Crippen LogP contribution in [0.4, 0.5) is 0 Å². The molecule has 1 saturated carbocycles. The highest BCUT2D eigenvalue weighted by atomic mass is 32.2. The van der Waals surface area contributed by atoms with Crippen LogP contribution in [-0.2, 0) is 10.2 Å². The fraction of sp³-hybridized carbons (Fsp3) is 0.833. The molecule has 0 heterocycles. The third kappa shape index (κ3) is 2.34. The molecule has 0 aromatic rings. The highest BCUT2D eigenvalue weighted by molar-refractivity contribution is 7.87. The maximum Gasteiger partial charge on any atom is 0.275 e. The summed E-state index contributed by atoms with van der Waals surface area (Å²) in [6.07, 6.45) is 2.64. The lowest BCUT2D eigenvalue weighted by atomic mass is 9.98. The summed E-state index contributed by atoms with van der Waals surface area (Å²) in [5.41, 5.74) is 4.44. The van der Waals surface area contributed by atoms with Gasteiger partial charge in [0.25, 0.3) is 10.2 Å². The lowest BCUT2D eigenvalue weighted by molar-refractivity contribution is 0.310. The zero-order valence-corrected chi connectivity index (χ0v) is 8.42. The SMILES string of the molecule is NC(=NO)C1(NS(N)(=O)=O)CCCC1. The minimum atomic E-state index is -3.84. The number of nitrogens with one attached hydrogen (secondary N) is 1. The van der Waals surface area contributed by atoms with Gasteiger partial charge >= 0.3 is 0 Å². The Morgan fingerprint density at radius 3 is 2.29 bits per heavy atom. The minimum Gasteiger partial charge on any atom is -0.409 e. The number of nitrogens with two attached hydrogens (primary N) is 2. The first-order valence-corrected chi connectivity index (χ1v) is 5.74. The van der Waals surface area contributed by atoms with Crippen molar-refractivity contribution in [1.82, 2.24) is 4.72 Å². The Balaban J connectivity index is 2.94. The molecule has 14 heavy (non-hydrogen) atoms. The summed E-state index contributed by atoms with van der Waals surface area (Å²) >= 11 is 0. The van der Waals surface area contributed by atoms with Crippen LogP contribution in [0.25, 0.3) is 0 Å². The molecule has 1 rings (SSSR count). The second-order valence-corrected chi connectivity index (χ2v) is 4.72. The van der Waals surface area contributed by atoms with Crippen LogP contribution < -0.4 is 15.6 Å². The van der Waals surface area contributed by atoms with Crippen molar-refractivity contribution in [3.63, 3.8) is 0 Å². The van der Waals surface area contributed by atoms with E-state index in [9.17, 15) is 8.42 Å². The van der Waals surface area contributed by atoms with Gasteiger partial charge in [-0.15, -0.1) is 0 Å². The Hall–Kier alpha value is -0.860.